The van der Waals surface area contributed by atoms with Crippen LogP contribution in [0.4, 0.5) is 17.1 Å². The second kappa shape index (κ2) is 14.9. The molecule has 3 aromatic heterocycles. The molecule has 3 nitrogen and oxygen atoms in total. The highest BCUT2D eigenvalue weighted by Gasteiger charge is 2.31. The summed E-state index contributed by atoms with van der Waals surface area (Å²) in [5, 5.41) is 6.35. The van der Waals surface area contributed by atoms with Crippen LogP contribution in [-0.4, -0.2) is 9.13 Å². The molecule has 0 unspecified atom stereocenters. The topological polar surface area (TPSA) is 13.1 Å². The summed E-state index contributed by atoms with van der Waals surface area (Å²) in [4.78, 5) is 2.43. The number of hydrogen-bond acceptors (Lipinski definition) is 2. The number of fused-ring (bicyclic) bond motifs is 13. The molecule has 0 saturated carbocycles. The van der Waals surface area contributed by atoms with Gasteiger partial charge in [0.05, 0.1) is 33.6 Å². The van der Waals surface area contributed by atoms with Gasteiger partial charge in [-0.25, -0.2) is 0 Å². The molecule has 0 saturated heterocycles. The molecule has 12 aromatic rings. The van der Waals surface area contributed by atoms with Gasteiger partial charge in [0.15, 0.2) is 0 Å². The third-order valence-corrected chi connectivity index (χ3v) is 13.6. The molecular weight excluding hydrogens is 783 g/mol. The molecule has 0 fully saturated rings. The summed E-state index contributed by atoms with van der Waals surface area (Å²) in [5.41, 5.74) is 16.7. The zero-order valence-electron chi connectivity index (χ0n) is 34.7. The van der Waals surface area contributed by atoms with Gasteiger partial charge in [0.1, 0.15) is 0 Å². The first-order valence-corrected chi connectivity index (χ1v) is 22.3. The maximum Gasteiger partial charge on any atom is 0.0641 e. The van der Waals surface area contributed by atoms with Crippen molar-refractivity contribution in [3.63, 3.8) is 0 Å². The smallest absolute Gasteiger partial charge is 0.0641 e. The quantitative estimate of drug-likeness (QED) is 0.161. The van der Waals surface area contributed by atoms with Crippen molar-refractivity contribution in [1.29, 1.82) is 0 Å². The van der Waals surface area contributed by atoms with E-state index in [2.05, 4.69) is 233 Å². The van der Waals surface area contributed by atoms with Crippen LogP contribution in [0, 0.1) is 0 Å². The number of rotatable bonds is 4. The summed E-state index contributed by atoms with van der Waals surface area (Å²) in [6, 6.07) is 78.0. The number of aromatic nitrogens is 2. The number of nitrogens with zero attached hydrogens (tertiary/aromatic N) is 3. The van der Waals surface area contributed by atoms with Crippen molar-refractivity contribution in [3.05, 3.63) is 225 Å². The minimum absolute atomic E-state index is 1.14. The van der Waals surface area contributed by atoms with E-state index in [-0.39, 0.29) is 0 Å². The average Bonchev–Trinajstić information content (AvgIpc) is 3.97. The standard InChI is InChI=1S/C56H35N3S.C3H6/c1-3-15-38(16-4-1)57-50-25-13-9-21-43(50)55-47-34-36(27-30-52(47)59(39-17-5-2-6-18-39)56(55)44-22-10-14-26-51(44)57)37-28-31-53-45(33-37)46-35-40(29-32-54(46)60-53)58-48-23-11-7-19-41(48)42-20-8-12-24-49(42)58;1-3-2/h1-35H;3H,1H2,2H3. The van der Waals surface area contributed by atoms with E-state index in [1.807, 2.05) is 18.3 Å². The van der Waals surface area contributed by atoms with Crippen LogP contribution < -0.4 is 4.90 Å². The fourth-order valence-electron chi connectivity index (χ4n) is 9.86. The first kappa shape index (κ1) is 36.9. The van der Waals surface area contributed by atoms with E-state index in [0.29, 0.717) is 0 Å². The van der Waals surface area contributed by atoms with E-state index in [9.17, 15) is 0 Å². The van der Waals surface area contributed by atoms with Gasteiger partial charge in [-0.15, -0.1) is 17.9 Å². The Hall–Kier alpha value is -7.92. The lowest BCUT2D eigenvalue weighted by Crippen LogP contribution is -2.11. The molecule has 0 amide bonds. The molecule has 1 aliphatic heterocycles. The maximum atomic E-state index is 3.36. The molecule has 1 aliphatic rings. The van der Waals surface area contributed by atoms with Gasteiger partial charge < -0.3 is 14.0 Å². The number of hydrogen-bond donors (Lipinski definition) is 0. The van der Waals surface area contributed by atoms with E-state index in [4.69, 9.17) is 0 Å². The molecule has 4 heterocycles. The van der Waals surface area contributed by atoms with Crippen molar-refractivity contribution in [2.75, 3.05) is 4.90 Å². The second-order valence-electron chi connectivity index (χ2n) is 16.1. The van der Waals surface area contributed by atoms with Crippen LogP contribution in [0.3, 0.4) is 0 Å². The first-order chi connectivity index (χ1) is 31.2. The summed E-state index contributed by atoms with van der Waals surface area (Å²) in [5.74, 6) is 0. The molecule has 0 bridgehead atoms. The van der Waals surface area contributed by atoms with Gasteiger partial charge in [-0.05, 0) is 109 Å². The van der Waals surface area contributed by atoms with Crippen LogP contribution in [0.25, 0.3) is 97.8 Å². The van der Waals surface area contributed by atoms with Gasteiger partial charge in [-0.3, -0.25) is 0 Å². The number of anilines is 3. The zero-order chi connectivity index (χ0) is 42.0. The van der Waals surface area contributed by atoms with Gasteiger partial charge in [0, 0.05) is 70.1 Å². The molecule has 0 radical (unpaired) electrons. The van der Waals surface area contributed by atoms with Crippen molar-refractivity contribution in [2.24, 2.45) is 0 Å². The Labute approximate surface area is 370 Å². The zero-order valence-corrected chi connectivity index (χ0v) is 35.6. The van der Waals surface area contributed by atoms with E-state index in [1.165, 1.54) is 92.1 Å². The highest BCUT2D eigenvalue weighted by atomic mass is 32.1. The molecule has 63 heavy (non-hydrogen) atoms. The first-order valence-electron chi connectivity index (χ1n) is 21.5. The number of allylic oxidation sites excluding steroid dienone is 1. The van der Waals surface area contributed by atoms with Gasteiger partial charge in [0.25, 0.3) is 0 Å². The molecule has 0 spiro atoms. The minimum Gasteiger partial charge on any atom is -0.309 e. The Balaban J connectivity index is 0.00000137. The summed E-state index contributed by atoms with van der Waals surface area (Å²) < 4.78 is 7.49. The van der Waals surface area contributed by atoms with Crippen molar-refractivity contribution in [1.82, 2.24) is 9.13 Å². The fourth-order valence-corrected chi connectivity index (χ4v) is 10.9. The Kier molecular flexibility index (Phi) is 8.73. The highest BCUT2D eigenvalue weighted by molar-refractivity contribution is 7.25. The normalized spacial score (nSPS) is 11.9. The summed E-state index contributed by atoms with van der Waals surface area (Å²) >= 11 is 1.87. The van der Waals surface area contributed by atoms with E-state index < -0.39 is 0 Å². The molecule has 298 valence electrons. The van der Waals surface area contributed by atoms with Crippen molar-refractivity contribution >= 4 is 81.3 Å². The van der Waals surface area contributed by atoms with Gasteiger partial charge >= 0.3 is 0 Å². The summed E-state index contributed by atoms with van der Waals surface area (Å²) in [6.45, 7) is 5.25. The minimum atomic E-state index is 1.14. The lowest BCUT2D eigenvalue weighted by Gasteiger charge is -2.27. The van der Waals surface area contributed by atoms with E-state index in [1.54, 1.807) is 6.08 Å². The van der Waals surface area contributed by atoms with Gasteiger partial charge in [0.2, 0.25) is 0 Å². The lowest BCUT2D eigenvalue weighted by molar-refractivity contribution is 1.13. The predicted octanol–water partition coefficient (Wildman–Crippen LogP) is 17.1. The Morgan fingerprint density at radius 2 is 0.889 bits per heavy atom. The molecule has 13 rings (SSSR count). The largest absolute Gasteiger partial charge is 0.309 e. The van der Waals surface area contributed by atoms with Crippen LogP contribution in [0.15, 0.2) is 225 Å². The third kappa shape index (κ3) is 5.80. The fraction of sp³-hybridized carbons (Fsp3) is 0.0169. The van der Waals surface area contributed by atoms with E-state index >= 15 is 0 Å². The second-order valence-corrected chi connectivity index (χ2v) is 17.2. The lowest BCUT2D eigenvalue weighted by atomic mass is 9.95. The van der Waals surface area contributed by atoms with Crippen LogP contribution in [0.1, 0.15) is 6.92 Å². The maximum absolute atomic E-state index is 3.36. The monoisotopic (exact) mass is 823 g/mol. The molecule has 9 aromatic carbocycles. The van der Waals surface area contributed by atoms with Crippen molar-refractivity contribution < 1.29 is 0 Å². The summed E-state index contributed by atoms with van der Waals surface area (Å²) in [7, 11) is 0. The predicted molar refractivity (Wildman–Crippen MR) is 271 cm³/mol. The third-order valence-electron chi connectivity index (χ3n) is 12.4. The van der Waals surface area contributed by atoms with Crippen LogP contribution >= 0.6 is 11.3 Å². The Morgan fingerprint density at radius 3 is 1.57 bits per heavy atom. The number of benzene rings is 9. The molecule has 0 aliphatic carbocycles. The Bertz CT molecular complexity index is 3670. The average molecular weight is 824 g/mol. The molecule has 4 heteroatoms. The molecular formula is C59H41N3S. The van der Waals surface area contributed by atoms with Gasteiger partial charge in [-0.1, -0.05) is 127 Å². The SMILES string of the molecule is C=CC.c1ccc(N2c3ccccc3-c3c(n(-c4ccccc4)c4ccc(-c5ccc6sc7ccc(-n8c9ccccc9c9ccccc98)cc7c6c5)cc34)-c3ccccc32)cc1. The number of para-hydroxylation sites is 6. The highest BCUT2D eigenvalue weighted by Crippen LogP contribution is 2.54. The van der Waals surface area contributed by atoms with Crippen molar-refractivity contribution in [2.45, 2.75) is 6.92 Å². The van der Waals surface area contributed by atoms with Crippen molar-refractivity contribution in [3.8, 4) is 44.9 Å². The van der Waals surface area contributed by atoms with Gasteiger partial charge in [-0.2, -0.15) is 0 Å². The van der Waals surface area contributed by atoms with Crippen LogP contribution in [-0.2, 0) is 0 Å². The molecule has 0 N–H and O–H groups in total. The Morgan fingerprint density at radius 1 is 0.397 bits per heavy atom. The summed E-state index contributed by atoms with van der Waals surface area (Å²) in [6.07, 6.45) is 1.75. The van der Waals surface area contributed by atoms with E-state index in [0.717, 1.165) is 22.7 Å². The number of thiophene rings is 1. The van der Waals surface area contributed by atoms with Crippen LogP contribution in [0.5, 0.6) is 0 Å². The molecule has 0 atom stereocenters. The van der Waals surface area contributed by atoms with Crippen LogP contribution in [0.2, 0.25) is 0 Å².